The fourth-order valence-corrected chi connectivity index (χ4v) is 3.61. The van der Waals surface area contributed by atoms with E-state index < -0.39 is 5.60 Å². The summed E-state index contributed by atoms with van der Waals surface area (Å²) in [6.45, 7) is 8.98. The quantitative estimate of drug-likeness (QED) is 0.773. The van der Waals surface area contributed by atoms with Gasteiger partial charge in [-0.15, -0.1) is 0 Å². The van der Waals surface area contributed by atoms with E-state index in [0.29, 0.717) is 26.2 Å². The maximum absolute atomic E-state index is 12.6. The Morgan fingerprint density at radius 2 is 2.07 bits per heavy atom. The number of rotatable bonds is 3. The third kappa shape index (κ3) is 5.58. The van der Waals surface area contributed by atoms with Crippen LogP contribution in [0.3, 0.4) is 0 Å². The Bertz CT molecular complexity index is 695. The first-order chi connectivity index (χ1) is 13.3. The Morgan fingerprint density at radius 1 is 1.25 bits per heavy atom. The largest absolute Gasteiger partial charge is 0.444 e. The van der Waals surface area contributed by atoms with E-state index in [4.69, 9.17) is 4.74 Å². The van der Waals surface area contributed by atoms with E-state index in [1.165, 1.54) is 0 Å². The second kappa shape index (κ2) is 8.77. The van der Waals surface area contributed by atoms with Crippen molar-refractivity contribution in [1.82, 2.24) is 25.3 Å². The minimum Gasteiger partial charge on any atom is -0.444 e. The van der Waals surface area contributed by atoms with Crippen molar-refractivity contribution in [2.45, 2.75) is 45.3 Å². The predicted octanol–water partition coefficient (Wildman–Crippen LogP) is 2.09. The molecule has 1 aromatic rings. The van der Waals surface area contributed by atoms with Crippen LogP contribution in [0.4, 0.5) is 4.79 Å². The number of carbonyl (C=O) groups is 2. The lowest BCUT2D eigenvalue weighted by atomic mass is 9.97. The Kier molecular flexibility index (Phi) is 6.39. The molecular formula is C20H31N5O3. The lowest BCUT2D eigenvalue weighted by Crippen LogP contribution is -2.47. The summed E-state index contributed by atoms with van der Waals surface area (Å²) < 4.78 is 5.47. The van der Waals surface area contributed by atoms with Gasteiger partial charge in [0.2, 0.25) is 5.91 Å². The number of hydrogen-bond acceptors (Lipinski definition) is 5. The summed E-state index contributed by atoms with van der Waals surface area (Å²) in [7, 11) is 0. The smallest absolute Gasteiger partial charge is 0.410 e. The lowest BCUT2D eigenvalue weighted by molar-refractivity contribution is -0.127. The minimum atomic E-state index is -0.496. The van der Waals surface area contributed by atoms with Gasteiger partial charge >= 0.3 is 6.09 Å². The van der Waals surface area contributed by atoms with E-state index in [9.17, 15) is 9.59 Å². The number of likely N-dealkylation sites (tertiary alicyclic amines) is 1. The number of nitrogens with one attached hydrogen (secondary N) is 2. The minimum absolute atomic E-state index is 0.0180. The number of piperazine rings is 1. The number of carbonyl (C=O) groups excluding carboxylic acids is 2. The van der Waals surface area contributed by atoms with Gasteiger partial charge in [-0.05, 0) is 45.6 Å². The zero-order valence-corrected chi connectivity index (χ0v) is 17.0. The molecule has 2 saturated heterocycles. The number of H-pyrrole nitrogens is 1. The zero-order chi connectivity index (χ0) is 20.1. The molecule has 2 amide bonds. The maximum Gasteiger partial charge on any atom is 0.410 e. The fraction of sp³-hybridized carbons (Fsp3) is 0.650. The molecule has 0 spiro atoms. The van der Waals surface area contributed by atoms with Crippen molar-refractivity contribution >= 4 is 12.0 Å². The van der Waals surface area contributed by atoms with E-state index in [1.807, 2.05) is 37.9 Å². The number of aromatic nitrogens is 2. The normalized spacial score (nSPS) is 23.8. The van der Waals surface area contributed by atoms with Gasteiger partial charge < -0.3 is 19.9 Å². The highest BCUT2D eigenvalue weighted by Gasteiger charge is 2.27. The molecule has 2 aliphatic heterocycles. The van der Waals surface area contributed by atoms with Crippen molar-refractivity contribution in [3.05, 3.63) is 30.1 Å². The Hall–Kier alpha value is -2.35. The number of ether oxygens (including phenoxy) is 1. The van der Waals surface area contributed by atoms with Crippen molar-refractivity contribution in [2.24, 2.45) is 5.92 Å². The van der Waals surface area contributed by atoms with Crippen molar-refractivity contribution in [1.29, 1.82) is 0 Å². The second-order valence-electron chi connectivity index (χ2n) is 8.51. The highest BCUT2D eigenvalue weighted by Crippen LogP contribution is 2.21. The SMILES string of the molecule is CC(C)(C)OC(=O)N1CCCC(/C=C/C(=O)N2CCNC(c3cn[nH]c3)C2)C1. The van der Waals surface area contributed by atoms with Gasteiger partial charge in [0.05, 0.1) is 12.2 Å². The van der Waals surface area contributed by atoms with Gasteiger partial charge in [-0.2, -0.15) is 5.10 Å². The van der Waals surface area contributed by atoms with E-state index in [0.717, 1.165) is 24.9 Å². The van der Waals surface area contributed by atoms with Crippen LogP contribution in [0.15, 0.2) is 24.5 Å². The van der Waals surface area contributed by atoms with Gasteiger partial charge in [0.25, 0.3) is 0 Å². The molecule has 0 saturated carbocycles. The molecule has 8 heteroatoms. The molecule has 1 aromatic heterocycles. The molecule has 3 heterocycles. The summed E-state index contributed by atoms with van der Waals surface area (Å²) in [4.78, 5) is 28.5. The van der Waals surface area contributed by atoms with Crippen molar-refractivity contribution < 1.29 is 14.3 Å². The molecule has 3 rings (SSSR count). The number of hydrogen-bond donors (Lipinski definition) is 2. The van der Waals surface area contributed by atoms with Gasteiger partial charge in [-0.1, -0.05) is 6.08 Å². The summed E-state index contributed by atoms with van der Waals surface area (Å²) in [5.41, 5.74) is 0.561. The zero-order valence-electron chi connectivity index (χ0n) is 17.0. The topological polar surface area (TPSA) is 90.6 Å². The molecule has 0 aromatic carbocycles. The Labute approximate surface area is 166 Å². The highest BCUT2D eigenvalue weighted by atomic mass is 16.6. The summed E-state index contributed by atoms with van der Waals surface area (Å²) in [6, 6.07) is 0.0993. The molecule has 0 bridgehead atoms. The molecule has 0 aliphatic carbocycles. The van der Waals surface area contributed by atoms with Crippen LogP contribution in [0.2, 0.25) is 0 Å². The van der Waals surface area contributed by atoms with Crippen LogP contribution in [0.25, 0.3) is 0 Å². The summed E-state index contributed by atoms with van der Waals surface area (Å²) in [5, 5.41) is 10.2. The molecular weight excluding hydrogens is 358 g/mol. The standard InChI is InChI=1S/C20H31N5O3/c1-20(2,3)28-19(27)25-9-4-5-15(13-25)6-7-18(26)24-10-8-21-17(14-24)16-11-22-23-12-16/h6-7,11-12,15,17,21H,4-5,8-10,13-14H2,1-3H3,(H,22,23)/b7-6+. The first-order valence-electron chi connectivity index (χ1n) is 9.99. The molecule has 2 aliphatic rings. The van der Waals surface area contributed by atoms with Gasteiger partial charge in [0, 0.05) is 44.5 Å². The number of nitrogens with zero attached hydrogens (tertiary/aromatic N) is 3. The first kappa shape index (κ1) is 20.4. The van der Waals surface area contributed by atoms with Crippen LogP contribution in [0.1, 0.15) is 45.2 Å². The average Bonchev–Trinajstić information content (AvgIpc) is 3.20. The van der Waals surface area contributed by atoms with Crippen molar-refractivity contribution in [2.75, 3.05) is 32.7 Å². The lowest BCUT2D eigenvalue weighted by Gasteiger charge is -2.34. The highest BCUT2D eigenvalue weighted by molar-refractivity contribution is 5.87. The van der Waals surface area contributed by atoms with Crippen LogP contribution >= 0.6 is 0 Å². The number of piperidine rings is 1. The van der Waals surface area contributed by atoms with Gasteiger partial charge in [0.15, 0.2) is 0 Å². The molecule has 2 atom stereocenters. The molecule has 2 unspecified atom stereocenters. The van der Waals surface area contributed by atoms with Crippen LogP contribution < -0.4 is 5.32 Å². The third-order valence-electron chi connectivity index (χ3n) is 5.03. The van der Waals surface area contributed by atoms with E-state index in [-0.39, 0.29) is 24.0 Å². The van der Waals surface area contributed by atoms with Gasteiger partial charge in [0.1, 0.15) is 5.60 Å². The molecule has 154 valence electrons. The summed E-state index contributed by atoms with van der Waals surface area (Å²) in [5.74, 6) is 0.196. The van der Waals surface area contributed by atoms with E-state index in [1.54, 1.807) is 17.2 Å². The average molecular weight is 390 g/mol. The molecule has 2 N–H and O–H groups in total. The van der Waals surface area contributed by atoms with Crippen LogP contribution in [0, 0.1) is 5.92 Å². The van der Waals surface area contributed by atoms with E-state index in [2.05, 4.69) is 15.5 Å². The molecule has 28 heavy (non-hydrogen) atoms. The Balaban J connectivity index is 1.52. The van der Waals surface area contributed by atoms with Crippen molar-refractivity contribution in [3.8, 4) is 0 Å². The number of amides is 2. The fourth-order valence-electron chi connectivity index (χ4n) is 3.61. The molecule has 0 radical (unpaired) electrons. The van der Waals surface area contributed by atoms with Crippen LogP contribution in [-0.2, 0) is 9.53 Å². The van der Waals surface area contributed by atoms with Crippen molar-refractivity contribution in [3.63, 3.8) is 0 Å². The summed E-state index contributed by atoms with van der Waals surface area (Å²) >= 11 is 0. The summed E-state index contributed by atoms with van der Waals surface area (Å²) in [6.07, 6.45) is 8.88. The van der Waals surface area contributed by atoms with Crippen LogP contribution in [0.5, 0.6) is 0 Å². The predicted molar refractivity (Wildman–Crippen MR) is 106 cm³/mol. The molecule has 8 nitrogen and oxygen atoms in total. The second-order valence-corrected chi connectivity index (χ2v) is 8.51. The Morgan fingerprint density at radius 3 is 2.79 bits per heavy atom. The monoisotopic (exact) mass is 389 g/mol. The third-order valence-corrected chi connectivity index (χ3v) is 5.03. The van der Waals surface area contributed by atoms with Gasteiger partial charge in [-0.25, -0.2) is 4.79 Å². The van der Waals surface area contributed by atoms with E-state index >= 15 is 0 Å². The van der Waals surface area contributed by atoms with Gasteiger partial charge in [-0.3, -0.25) is 9.89 Å². The maximum atomic E-state index is 12.6. The first-order valence-corrected chi connectivity index (χ1v) is 9.99. The molecule has 2 fully saturated rings. The number of aromatic amines is 1. The van der Waals surface area contributed by atoms with Crippen LogP contribution in [-0.4, -0.2) is 70.3 Å².